The maximum Gasteiger partial charge on any atom is 0.269 e. The molecule has 1 nitrogen and oxygen atoms in total. The molecule has 0 amide bonds. The van der Waals surface area contributed by atoms with Crippen LogP contribution in [0.15, 0.2) is 0 Å². The highest BCUT2D eigenvalue weighted by Crippen LogP contribution is 2.24. The normalized spacial score (nSPS) is 19.5. The van der Waals surface area contributed by atoms with E-state index in [-0.39, 0.29) is 0 Å². The molecule has 0 unspecified atom stereocenters. The number of hydrogen-bond acceptors (Lipinski definition) is 2. The van der Waals surface area contributed by atoms with Crippen molar-refractivity contribution in [1.82, 2.24) is 0 Å². The van der Waals surface area contributed by atoms with E-state index in [0.29, 0.717) is 0 Å². The van der Waals surface area contributed by atoms with Gasteiger partial charge in [-0.2, -0.15) is 0 Å². The summed E-state index contributed by atoms with van der Waals surface area (Å²) < 4.78 is 3.65. The molecule has 0 N–H and O–H groups in total. The van der Waals surface area contributed by atoms with Crippen LogP contribution >= 0.6 is 23.5 Å². The van der Waals surface area contributed by atoms with E-state index in [4.69, 9.17) is 0 Å². The van der Waals surface area contributed by atoms with Crippen LogP contribution in [0.5, 0.6) is 0 Å². The highest BCUT2D eigenvalue weighted by Gasteiger charge is 2.15. The van der Waals surface area contributed by atoms with Crippen LogP contribution in [0.4, 0.5) is 0 Å². The Morgan fingerprint density at radius 1 is 1.25 bits per heavy atom. The minimum Gasteiger partial charge on any atom is -0.224 e. The second-order valence-corrected chi connectivity index (χ2v) is 4.28. The van der Waals surface area contributed by atoms with E-state index in [1.165, 1.54) is 15.9 Å². The summed E-state index contributed by atoms with van der Waals surface area (Å²) in [6.45, 7) is 0. The quantitative estimate of drug-likeness (QED) is 0.473. The molecule has 0 aromatic heterocycles. The molecule has 0 aromatic carbocycles. The van der Waals surface area contributed by atoms with E-state index in [0.717, 1.165) is 0 Å². The van der Waals surface area contributed by atoms with Crippen LogP contribution in [-0.4, -0.2) is 34.6 Å². The lowest BCUT2D eigenvalue weighted by atomic mass is 11.0. The Morgan fingerprint density at radius 2 is 1.75 bits per heavy atom. The fraction of sp³-hybridized carbons (Fsp3) is 0.800. The van der Waals surface area contributed by atoms with E-state index >= 15 is 0 Å². The molecule has 0 radical (unpaired) electrons. The minimum atomic E-state index is 1.29. The van der Waals surface area contributed by atoms with E-state index in [1.807, 2.05) is 23.5 Å². The van der Waals surface area contributed by atoms with Crippen molar-refractivity contribution in [2.45, 2.75) is 0 Å². The third-order valence-corrected chi connectivity index (χ3v) is 3.91. The van der Waals surface area contributed by atoms with Gasteiger partial charge in [-0.25, -0.2) is 4.58 Å². The van der Waals surface area contributed by atoms with Gasteiger partial charge in [0.1, 0.15) is 14.1 Å². The molecular weight excluding hydrogens is 138 g/mol. The van der Waals surface area contributed by atoms with Crippen LogP contribution in [-0.2, 0) is 0 Å². The highest BCUT2D eigenvalue weighted by molar-refractivity contribution is 8.41. The number of thioether (sulfide) groups is 2. The summed E-state index contributed by atoms with van der Waals surface area (Å²) in [5.41, 5.74) is 0. The van der Waals surface area contributed by atoms with Crippen LogP contribution in [0.25, 0.3) is 0 Å². The molecule has 1 heterocycles. The van der Waals surface area contributed by atoms with Crippen molar-refractivity contribution in [2.75, 3.05) is 25.6 Å². The summed E-state index contributed by atoms with van der Waals surface area (Å²) in [5.74, 6) is 2.58. The van der Waals surface area contributed by atoms with Crippen molar-refractivity contribution in [3.63, 3.8) is 0 Å². The lowest BCUT2D eigenvalue weighted by molar-refractivity contribution is -0.458. The second kappa shape index (κ2) is 2.78. The van der Waals surface area contributed by atoms with Gasteiger partial charge in [-0.05, 0) is 23.5 Å². The van der Waals surface area contributed by atoms with Crippen molar-refractivity contribution in [3.8, 4) is 0 Å². The van der Waals surface area contributed by atoms with Crippen molar-refractivity contribution in [3.05, 3.63) is 0 Å². The molecule has 0 aliphatic carbocycles. The fourth-order valence-corrected chi connectivity index (χ4v) is 2.92. The molecule has 3 heteroatoms. The summed E-state index contributed by atoms with van der Waals surface area (Å²) >= 11 is 3.91. The Hall–Kier alpha value is 0.370. The zero-order chi connectivity index (χ0) is 5.98. The van der Waals surface area contributed by atoms with Crippen LogP contribution < -0.4 is 0 Å². The maximum absolute atomic E-state index is 2.18. The predicted molar refractivity (Wildman–Crippen MR) is 42.0 cm³/mol. The summed E-state index contributed by atoms with van der Waals surface area (Å²) in [7, 11) is 4.20. The Morgan fingerprint density at radius 3 is 2.00 bits per heavy atom. The maximum atomic E-state index is 2.18. The van der Waals surface area contributed by atoms with E-state index in [1.54, 1.807) is 0 Å². The first-order chi connectivity index (χ1) is 3.80. The average molecular weight is 148 g/mol. The topological polar surface area (TPSA) is 3.01 Å². The summed E-state index contributed by atoms with van der Waals surface area (Å²) in [6.07, 6.45) is 0. The van der Waals surface area contributed by atoms with Crippen LogP contribution in [0.2, 0.25) is 0 Å². The second-order valence-electron chi connectivity index (χ2n) is 1.86. The average Bonchev–Trinajstić information content (AvgIpc) is 2.12. The van der Waals surface area contributed by atoms with Gasteiger partial charge in [-0.1, -0.05) is 0 Å². The Balaban J connectivity index is 2.58. The van der Waals surface area contributed by atoms with Crippen molar-refractivity contribution in [2.24, 2.45) is 0 Å². The highest BCUT2D eigenvalue weighted by atomic mass is 32.2. The molecule has 0 bridgehead atoms. The summed E-state index contributed by atoms with van der Waals surface area (Å²) in [5, 5.41) is 0. The zero-order valence-corrected chi connectivity index (χ0v) is 6.81. The number of hydrogen-bond donors (Lipinski definition) is 0. The predicted octanol–water partition coefficient (Wildman–Crippen LogP) is 1.09. The van der Waals surface area contributed by atoms with Gasteiger partial charge in [0.15, 0.2) is 0 Å². The Bertz CT molecular complexity index is 108. The molecule has 46 valence electrons. The summed E-state index contributed by atoms with van der Waals surface area (Å²) in [4.78, 5) is 0. The monoisotopic (exact) mass is 148 g/mol. The molecule has 1 aliphatic rings. The molecular formula is C5H10NS2+. The van der Waals surface area contributed by atoms with E-state index in [9.17, 15) is 0 Å². The van der Waals surface area contributed by atoms with Gasteiger partial charge in [0, 0.05) is 11.5 Å². The SMILES string of the molecule is C[N+](C)=C1SCCS1. The molecule has 1 aliphatic heterocycles. The number of nitrogens with zero attached hydrogens (tertiary/aromatic N) is 1. The molecule has 0 atom stereocenters. The summed E-state index contributed by atoms with van der Waals surface area (Å²) in [6, 6.07) is 0. The third kappa shape index (κ3) is 1.42. The van der Waals surface area contributed by atoms with Gasteiger partial charge in [0.05, 0.1) is 0 Å². The first-order valence-electron chi connectivity index (χ1n) is 2.60. The molecule has 1 fully saturated rings. The lowest BCUT2D eigenvalue weighted by Gasteiger charge is -1.87. The lowest BCUT2D eigenvalue weighted by Crippen LogP contribution is -2.02. The molecule has 8 heavy (non-hydrogen) atoms. The standard InChI is InChI=1S/C5H10NS2/c1-6(2)5-7-3-4-8-5/h3-4H2,1-2H3/q+1. The molecule has 0 saturated carbocycles. The van der Waals surface area contributed by atoms with Gasteiger partial charge < -0.3 is 0 Å². The molecule has 0 aromatic rings. The Kier molecular flexibility index (Phi) is 2.26. The van der Waals surface area contributed by atoms with Gasteiger partial charge in [-0.15, -0.1) is 0 Å². The largest absolute Gasteiger partial charge is 0.269 e. The zero-order valence-electron chi connectivity index (χ0n) is 5.18. The first kappa shape index (κ1) is 6.49. The number of rotatable bonds is 0. The van der Waals surface area contributed by atoms with Gasteiger partial charge >= 0.3 is 0 Å². The Labute approximate surface area is 58.5 Å². The van der Waals surface area contributed by atoms with Crippen LogP contribution in [0.3, 0.4) is 0 Å². The van der Waals surface area contributed by atoms with E-state index < -0.39 is 0 Å². The molecule has 1 saturated heterocycles. The molecule has 1 rings (SSSR count). The van der Waals surface area contributed by atoms with Crippen molar-refractivity contribution < 1.29 is 4.58 Å². The van der Waals surface area contributed by atoms with Gasteiger partial charge in [-0.3, -0.25) is 0 Å². The minimum absolute atomic E-state index is 1.29. The molecule has 0 spiro atoms. The van der Waals surface area contributed by atoms with Gasteiger partial charge in [0.2, 0.25) is 0 Å². The third-order valence-electron chi connectivity index (χ3n) is 0.900. The van der Waals surface area contributed by atoms with E-state index in [2.05, 4.69) is 18.7 Å². The van der Waals surface area contributed by atoms with Crippen LogP contribution in [0.1, 0.15) is 0 Å². The van der Waals surface area contributed by atoms with Crippen LogP contribution in [0, 0.1) is 0 Å². The fourth-order valence-electron chi connectivity index (χ4n) is 0.558. The smallest absolute Gasteiger partial charge is 0.224 e. The first-order valence-corrected chi connectivity index (χ1v) is 4.57. The van der Waals surface area contributed by atoms with Crippen molar-refractivity contribution >= 4 is 27.9 Å². The van der Waals surface area contributed by atoms with Crippen molar-refractivity contribution in [1.29, 1.82) is 0 Å². The van der Waals surface area contributed by atoms with Gasteiger partial charge in [0.25, 0.3) is 4.38 Å².